The number of nitrogens with zero attached hydrogens (tertiary/aromatic N) is 3. The zero-order valence-corrected chi connectivity index (χ0v) is 12.6. The Morgan fingerprint density at radius 3 is 2.76 bits per heavy atom. The van der Waals surface area contributed by atoms with Gasteiger partial charge in [-0.05, 0) is 31.4 Å². The Morgan fingerprint density at radius 1 is 1.43 bits per heavy atom. The second kappa shape index (κ2) is 6.31. The van der Waals surface area contributed by atoms with Crippen LogP contribution in [0.1, 0.15) is 43.0 Å². The molecule has 2 rings (SSSR count). The first-order chi connectivity index (χ1) is 10.1. The van der Waals surface area contributed by atoms with Gasteiger partial charge in [-0.2, -0.15) is 5.26 Å². The highest BCUT2D eigenvalue weighted by atomic mass is 16.5. The SMILES string of the molecule is CC[C@H](C)n1nc(OCc2ccccc2C)c(C#N)c1N. The van der Waals surface area contributed by atoms with E-state index in [9.17, 15) is 5.26 Å². The Morgan fingerprint density at radius 2 is 2.14 bits per heavy atom. The van der Waals surface area contributed by atoms with Crippen LogP contribution in [0.3, 0.4) is 0 Å². The van der Waals surface area contributed by atoms with Gasteiger partial charge in [-0.1, -0.05) is 31.2 Å². The van der Waals surface area contributed by atoms with Crippen molar-refractivity contribution >= 4 is 5.82 Å². The second-order valence-corrected chi connectivity index (χ2v) is 5.09. The van der Waals surface area contributed by atoms with Crippen molar-refractivity contribution in [3.63, 3.8) is 0 Å². The summed E-state index contributed by atoms with van der Waals surface area (Å²) in [5.74, 6) is 0.671. The summed E-state index contributed by atoms with van der Waals surface area (Å²) in [4.78, 5) is 0. The van der Waals surface area contributed by atoms with Gasteiger partial charge in [0.1, 0.15) is 18.5 Å². The molecular formula is C16H20N4O. The molecule has 1 atom stereocenters. The first-order valence-electron chi connectivity index (χ1n) is 7.03. The highest BCUT2D eigenvalue weighted by Crippen LogP contribution is 2.27. The maximum atomic E-state index is 9.26. The maximum Gasteiger partial charge on any atom is 0.253 e. The van der Waals surface area contributed by atoms with Crippen LogP contribution >= 0.6 is 0 Å². The number of anilines is 1. The van der Waals surface area contributed by atoms with Crippen molar-refractivity contribution in [2.24, 2.45) is 0 Å². The van der Waals surface area contributed by atoms with Crippen LogP contribution in [0.4, 0.5) is 5.82 Å². The first-order valence-corrected chi connectivity index (χ1v) is 7.03. The molecule has 0 saturated carbocycles. The van der Waals surface area contributed by atoms with E-state index < -0.39 is 0 Å². The lowest BCUT2D eigenvalue weighted by Gasteiger charge is -2.10. The summed E-state index contributed by atoms with van der Waals surface area (Å²) in [6, 6.07) is 10.2. The molecule has 1 heterocycles. The zero-order valence-electron chi connectivity index (χ0n) is 12.6. The second-order valence-electron chi connectivity index (χ2n) is 5.09. The minimum atomic E-state index is 0.132. The molecule has 1 aromatic carbocycles. The lowest BCUT2D eigenvalue weighted by molar-refractivity contribution is 0.285. The van der Waals surface area contributed by atoms with Crippen LogP contribution < -0.4 is 10.5 Å². The van der Waals surface area contributed by atoms with Gasteiger partial charge in [0.2, 0.25) is 0 Å². The summed E-state index contributed by atoms with van der Waals surface area (Å²) < 4.78 is 7.38. The van der Waals surface area contributed by atoms with Gasteiger partial charge in [-0.25, -0.2) is 4.68 Å². The highest BCUT2D eigenvalue weighted by Gasteiger charge is 2.19. The van der Waals surface area contributed by atoms with Crippen LogP contribution in [0.2, 0.25) is 0 Å². The molecule has 0 radical (unpaired) electrons. The zero-order chi connectivity index (χ0) is 15.4. The number of aryl methyl sites for hydroxylation is 1. The third-order valence-corrected chi connectivity index (χ3v) is 3.66. The number of nitriles is 1. The molecule has 0 fully saturated rings. The molecule has 2 aromatic rings. The number of aromatic nitrogens is 2. The van der Waals surface area contributed by atoms with Gasteiger partial charge in [0.05, 0.1) is 6.04 Å². The van der Waals surface area contributed by atoms with Crippen molar-refractivity contribution < 1.29 is 4.74 Å². The molecule has 0 bridgehead atoms. The van der Waals surface area contributed by atoms with E-state index in [1.165, 1.54) is 0 Å². The van der Waals surface area contributed by atoms with Gasteiger partial charge < -0.3 is 10.5 Å². The Balaban J connectivity index is 2.25. The molecular weight excluding hydrogens is 264 g/mol. The molecule has 0 spiro atoms. The lowest BCUT2D eigenvalue weighted by Crippen LogP contribution is -2.09. The molecule has 0 amide bonds. The largest absolute Gasteiger partial charge is 0.471 e. The summed E-state index contributed by atoms with van der Waals surface area (Å²) in [6.07, 6.45) is 0.883. The predicted octanol–water partition coefficient (Wildman–Crippen LogP) is 3.20. The molecule has 1 aromatic heterocycles. The number of nitrogen functional groups attached to an aromatic ring is 1. The number of rotatable bonds is 5. The molecule has 0 aliphatic heterocycles. The molecule has 5 nitrogen and oxygen atoms in total. The Labute approximate surface area is 124 Å². The van der Waals surface area contributed by atoms with Crippen LogP contribution in [0, 0.1) is 18.3 Å². The van der Waals surface area contributed by atoms with Crippen molar-refractivity contribution in [1.29, 1.82) is 5.26 Å². The van der Waals surface area contributed by atoms with E-state index in [2.05, 4.69) is 11.2 Å². The van der Waals surface area contributed by atoms with Crippen molar-refractivity contribution in [2.75, 3.05) is 5.73 Å². The average molecular weight is 284 g/mol. The van der Waals surface area contributed by atoms with E-state index in [-0.39, 0.29) is 6.04 Å². The quantitative estimate of drug-likeness (QED) is 0.914. The minimum absolute atomic E-state index is 0.132. The standard InChI is InChI=1S/C16H20N4O/c1-4-12(3)20-15(18)14(9-17)16(19-20)21-10-13-8-6-5-7-11(13)2/h5-8,12H,4,10,18H2,1-3H3/t12-/m0/s1. The molecule has 5 heteroatoms. The molecule has 21 heavy (non-hydrogen) atoms. The molecule has 110 valence electrons. The van der Waals surface area contributed by atoms with Crippen LogP contribution in [0.25, 0.3) is 0 Å². The van der Waals surface area contributed by atoms with Crippen molar-refractivity contribution in [1.82, 2.24) is 9.78 Å². The number of ether oxygens (including phenoxy) is 1. The van der Waals surface area contributed by atoms with Gasteiger partial charge in [-0.3, -0.25) is 0 Å². The summed E-state index contributed by atoms with van der Waals surface area (Å²) in [6.45, 7) is 6.45. The summed E-state index contributed by atoms with van der Waals surface area (Å²) in [5, 5.41) is 13.6. The predicted molar refractivity (Wildman–Crippen MR) is 81.9 cm³/mol. The van der Waals surface area contributed by atoms with E-state index in [0.717, 1.165) is 17.5 Å². The Hall–Kier alpha value is -2.48. The summed E-state index contributed by atoms with van der Waals surface area (Å²) in [5.41, 5.74) is 8.51. The van der Waals surface area contributed by atoms with Crippen molar-refractivity contribution in [2.45, 2.75) is 39.8 Å². The fraction of sp³-hybridized carbons (Fsp3) is 0.375. The Kier molecular flexibility index (Phi) is 4.49. The highest BCUT2D eigenvalue weighted by molar-refractivity contribution is 5.55. The smallest absolute Gasteiger partial charge is 0.253 e. The van der Waals surface area contributed by atoms with E-state index in [4.69, 9.17) is 10.5 Å². The number of hydrogen-bond acceptors (Lipinski definition) is 4. The topological polar surface area (TPSA) is 76.9 Å². The van der Waals surface area contributed by atoms with E-state index in [1.807, 2.05) is 45.0 Å². The van der Waals surface area contributed by atoms with Crippen molar-refractivity contribution in [3.05, 3.63) is 41.0 Å². The van der Waals surface area contributed by atoms with Crippen LogP contribution in [-0.4, -0.2) is 9.78 Å². The monoisotopic (exact) mass is 284 g/mol. The third-order valence-electron chi connectivity index (χ3n) is 3.66. The third kappa shape index (κ3) is 3.00. The van der Waals surface area contributed by atoms with Gasteiger partial charge in [0, 0.05) is 0 Å². The van der Waals surface area contributed by atoms with Crippen LogP contribution in [0.15, 0.2) is 24.3 Å². The maximum absolute atomic E-state index is 9.26. The van der Waals surface area contributed by atoms with Gasteiger partial charge in [0.25, 0.3) is 5.88 Å². The first kappa shape index (κ1) is 14.9. The van der Waals surface area contributed by atoms with Crippen molar-refractivity contribution in [3.8, 4) is 11.9 Å². The van der Waals surface area contributed by atoms with E-state index in [0.29, 0.717) is 23.9 Å². The number of hydrogen-bond donors (Lipinski definition) is 1. The Bertz CT molecular complexity index is 669. The lowest BCUT2D eigenvalue weighted by atomic mass is 10.1. The number of benzene rings is 1. The minimum Gasteiger partial charge on any atom is -0.471 e. The molecule has 2 N–H and O–H groups in total. The fourth-order valence-corrected chi connectivity index (χ4v) is 2.06. The average Bonchev–Trinajstić information content (AvgIpc) is 2.81. The summed E-state index contributed by atoms with van der Waals surface area (Å²) >= 11 is 0. The van der Waals surface area contributed by atoms with Crippen LogP contribution in [-0.2, 0) is 6.61 Å². The summed E-state index contributed by atoms with van der Waals surface area (Å²) in [7, 11) is 0. The fourth-order valence-electron chi connectivity index (χ4n) is 2.06. The molecule has 0 saturated heterocycles. The van der Waals surface area contributed by atoms with Gasteiger partial charge >= 0.3 is 0 Å². The van der Waals surface area contributed by atoms with Gasteiger partial charge in [0.15, 0.2) is 5.56 Å². The normalized spacial score (nSPS) is 11.9. The van der Waals surface area contributed by atoms with E-state index >= 15 is 0 Å². The van der Waals surface area contributed by atoms with Crippen LogP contribution in [0.5, 0.6) is 5.88 Å². The number of nitrogens with two attached hydrogens (primary N) is 1. The van der Waals surface area contributed by atoms with Gasteiger partial charge in [-0.15, -0.1) is 5.10 Å². The van der Waals surface area contributed by atoms with E-state index in [1.54, 1.807) is 4.68 Å². The molecule has 0 aliphatic carbocycles. The molecule has 0 unspecified atom stereocenters. The molecule has 0 aliphatic rings.